The lowest BCUT2D eigenvalue weighted by molar-refractivity contribution is 0.0994. The number of carbonyl (C=O) groups is 1. The summed E-state index contributed by atoms with van der Waals surface area (Å²) in [7, 11) is 0. The number of halogens is 4. The Morgan fingerprint density at radius 1 is 1.21 bits per heavy atom. The average Bonchev–Trinajstić information content (AvgIpc) is 2.55. The van der Waals surface area contributed by atoms with Crippen LogP contribution in [-0.4, -0.2) is 24.4 Å². The quantitative estimate of drug-likeness (QED) is 0.852. The molecule has 0 bridgehead atoms. The van der Waals surface area contributed by atoms with Crippen LogP contribution in [0.25, 0.3) is 11.1 Å². The lowest BCUT2D eigenvalue weighted by Gasteiger charge is -2.20. The fourth-order valence-electron chi connectivity index (χ4n) is 2.40. The van der Waals surface area contributed by atoms with Crippen molar-refractivity contribution in [3.05, 3.63) is 47.2 Å². The summed E-state index contributed by atoms with van der Waals surface area (Å²) < 4.78 is 51.8. The second kappa shape index (κ2) is 7.76. The summed E-state index contributed by atoms with van der Waals surface area (Å²) in [4.78, 5) is 15.4. The minimum atomic E-state index is -1.75. The van der Waals surface area contributed by atoms with Crippen molar-refractivity contribution in [3.63, 3.8) is 0 Å². The minimum Gasteiger partial charge on any atom is -0.477 e. The maximum absolute atomic E-state index is 14.0. The van der Waals surface area contributed by atoms with E-state index >= 15 is 0 Å². The highest BCUT2D eigenvalue weighted by molar-refractivity contribution is 5.93. The number of benzene rings is 1. The summed E-state index contributed by atoms with van der Waals surface area (Å²) in [5, 5.41) is 0. The molecule has 8 heteroatoms. The predicted molar refractivity (Wildman–Crippen MR) is 79.0 cm³/mol. The van der Waals surface area contributed by atoms with Crippen LogP contribution in [0, 0.1) is 11.6 Å². The highest BCUT2D eigenvalue weighted by atomic mass is 19.3. The first kappa shape index (κ1) is 17.7. The second-order valence-electron chi connectivity index (χ2n) is 4.88. The third-order valence-electron chi connectivity index (χ3n) is 3.37. The van der Waals surface area contributed by atoms with Gasteiger partial charge in [-0.05, 0) is 36.6 Å². The van der Waals surface area contributed by atoms with E-state index < -0.39 is 24.5 Å². The fraction of sp³-hybridized carbons (Fsp3) is 0.250. The number of rotatable bonds is 2. The molecule has 2 heterocycles. The van der Waals surface area contributed by atoms with E-state index in [1.54, 1.807) is 0 Å². The van der Waals surface area contributed by atoms with E-state index in [4.69, 9.17) is 10.5 Å². The number of nitrogens with zero attached hydrogens (tertiary/aromatic N) is 1. The highest BCUT2D eigenvalue weighted by Crippen LogP contribution is 2.35. The van der Waals surface area contributed by atoms with Crippen LogP contribution >= 0.6 is 0 Å². The van der Waals surface area contributed by atoms with Crippen LogP contribution in [0.1, 0.15) is 22.5 Å². The van der Waals surface area contributed by atoms with E-state index in [1.807, 2.05) is 0 Å². The van der Waals surface area contributed by atoms with Crippen molar-refractivity contribution in [2.24, 2.45) is 5.73 Å². The van der Waals surface area contributed by atoms with Crippen molar-refractivity contribution >= 4 is 5.91 Å². The van der Waals surface area contributed by atoms with Crippen LogP contribution in [0.5, 0.6) is 5.88 Å². The number of carbonyl (C=O) groups excluding carboxylic acids is 1. The van der Waals surface area contributed by atoms with Gasteiger partial charge in [-0.2, -0.15) is 0 Å². The van der Waals surface area contributed by atoms with Gasteiger partial charge in [0.25, 0.3) is 5.91 Å². The zero-order valence-electron chi connectivity index (χ0n) is 12.5. The molecule has 0 radical (unpaired) electrons. The summed E-state index contributed by atoms with van der Waals surface area (Å²) in [6.07, 6.45) is 1.41. The monoisotopic (exact) mass is 342 g/mol. The zero-order valence-corrected chi connectivity index (χ0v) is 12.5. The number of amides is 1. The standard InChI is InChI=1S/C15H12F2N2O2.CH2F2/c16-8-3-4-9(12(17)6-8)11-7-13(14(18)20)19-15-10(11)2-1-5-21-15;2-1-3/h3-4,6-7H,1-2,5H2,(H2,18,20);1H2. The molecule has 24 heavy (non-hydrogen) atoms. The summed E-state index contributed by atoms with van der Waals surface area (Å²) in [6, 6.07) is 4.72. The summed E-state index contributed by atoms with van der Waals surface area (Å²) in [6.45, 7) is -1.27. The molecule has 0 unspecified atom stereocenters. The molecule has 1 aliphatic rings. The van der Waals surface area contributed by atoms with E-state index in [9.17, 15) is 22.4 Å². The lowest BCUT2D eigenvalue weighted by atomic mass is 9.95. The smallest absolute Gasteiger partial charge is 0.267 e. The van der Waals surface area contributed by atoms with Gasteiger partial charge in [-0.3, -0.25) is 4.79 Å². The van der Waals surface area contributed by atoms with Crippen molar-refractivity contribution in [2.75, 3.05) is 13.5 Å². The molecule has 0 saturated heterocycles. The SMILES string of the molecule is FCF.NC(=O)c1cc(-c2ccc(F)cc2F)c2c(n1)OCCC2. The van der Waals surface area contributed by atoms with Gasteiger partial charge in [0.1, 0.15) is 17.3 Å². The molecule has 0 spiro atoms. The minimum absolute atomic E-state index is 0.00521. The van der Waals surface area contributed by atoms with Crippen LogP contribution in [0.2, 0.25) is 0 Å². The Bertz CT molecular complexity index is 753. The van der Waals surface area contributed by atoms with Crippen LogP contribution in [0.3, 0.4) is 0 Å². The molecule has 1 aliphatic heterocycles. The first-order valence-corrected chi connectivity index (χ1v) is 7.01. The molecule has 0 saturated carbocycles. The molecule has 128 valence electrons. The molecule has 1 aromatic carbocycles. The fourth-order valence-corrected chi connectivity index (χ4v) is 2.40. The Morgan fingerprint density at radius 3 is 2.54 bits per heavy atom. The first-order chi connectivity index (χ1) is 11.5. The first-order valence-electron chi connectivity index (χ1n) is 7.01. The molecule has 1 aromatic heterocycles. The van der Waals surface area contributed by atoms with Crippen LogP contribution in [-0.2, 0) is 6.42 Å². The Hall–Kier alpha value is -2.64. The normalized spacial score (nSPS) is 12.5. The lowest BCUT2D eigenvalue weighted by Crippen LogP contribution is -2.18. The molecule has 2 aromatic rings. The topological polar surface area (TPSA) is 65.2 Å². The molecule has 3 rings (SSSR count). The Labute approximate surface area is 135 Å². The van der Waals surface area contributed by atoms with E-state index in [2.05, 4.69) is 4.98 Å². The number of aromatic nitrogens is 1. The molecule has 4 nitrogen and oxygen atoms in total. The van der Waals surface area contributed by atoms with Crippen molar-refractivity contribution < 1.29 is 27.1 Å². The van der Waals surface area contributed by atoms with E-state index in [1.165, 1.54) is 18.2 Å². The number of fused-ring (bicyclic) bond motifs is 1. The van der Waals surface area contributed by atoms with Gasteiger partial charge in [0.05, 0.1) is 6.61 Å². The molecule has 0 fully saturated rings. The predicted octanol–water partition coefficient (Wildman–Crippen LogP) is 3.33. The van der Waals surface area contributed by atoms with Crippen LogP contribution in [0.15, 0.2) is 24.3 Å². The van der Waals surface area contributed by atoms with Crippen molar-refractivity contribution in [1.29, 1.82) is 0 Å². The number of hydrogen-bond donors (Lipinski definition) is 1. The second-order valence-corrected chi connectivity index (χ2v) is 4.88. The van der Waals surface area contributed by atoms with E-state index in [-0.39, 0.29) is 17.1 Å². The average molecular weight is 342 g/mol. The van der Waals surface area contributed by atoms with Gasteiger partial charge in [-0.1, -0.05) is 0 Å². The van der Waals surface area contributed by atoms with Crippen LogP contribution in [0.4, 0.5) is 17.6 Å². The van der Waals surface area contributed by atoms with Crippen LogP contribution < -0.4 is 10.5 Å². The van der Waals surface area contributed by atoms with Gasteiger partial charge in [-0.15, -0.1) is 0 Å². The zero-order chi connectivity index (χ0) is 17.7. The molecule has 1 amide bonds. The number of alkyl halides is 2. The number of ether oxygens (including phenoxy) is 1. The largest absolute Gasteiger partial charge is 0.477 e. The maximum atomic E-state index is 14.0. The van der Waals surface area contributed by atoms with Crippen molar-refractivity contribution in [3.8, 4) is 17.0 Å². The highest BCUT2D eigenvalue weighted by Gasteiger charge is 2.22. The number of primary amides is 1. The Kier molecular flexibility index (Phi) is 5.73. The summed E-state index contributed by atoms with van der Waals surface area (Å²) in [5.41, 5.74) is 6.61. The van der Waals surface area contributed by atoms with Gasteiger partial charge in [0.15, 0.2) is 0 Å². The Balaban J connectivity index is 0.000000647. The Morgan fingerprint density at radius 2 is 1.92 bits per heavy atom. The third-order valence-corrected chi connectivity index (χ3v) is 3.37. The number of nitrogens with two attached hydrogens (primary N) is 1. The van der Waals surface area contributed by atoms with Crippen molar-refractivity contribution in [1.82, 2.24) is 4.98 Å². The summed E-state index contributed by atoms with van der Waals surface area (Å²) >= 11 is 0. The summed E-state index contributed by atoms with van der Waals surface area (Å²) in [5.74, 6) is -1.80. The molecular weight excluding hydrogens is 328 g/mol. The maximum Gasteiger partial charge on any atom is 0.267 e. The molecule has 0 aliphatic carbocycles. The van der Waals surface area contributed by atoms with E-state index in [0.29, 0.717) is 24.2 Å². The van der Waals surface area contributed by atoms with Gasteiger partial charge in [0, 0.05) is 17.2 Å². The number of pyridine rings is 1. The molecular formula is C16H14F4N2O2. The number of hydrogen-bond acceptors (Lipinski definition) is 3. The van der Waals surface area contributed by atoms with E-state index in [0.717, 1.165) is 12.5 Å². The molecule has 0 atom stereocenters. The van der Waals surface area contributed by atoms with Crippen molar-refractivity contribution in [2.45, 2.75) is 12.8 Å². The van der Waals surface area contributed by atoms with Gasteiger partial charge in [0.2, 0.25) is 12.8 Å². The van der Waals surface area contributed by atoms with Gasteiger partial charge in [-0.25, -0.2) is 22.5 Å². The van der Waals surface area contributed by atoms with Gasteiger partial charge < -0.3 is 10.5 Å². The molecule has 2 N–H and O–H groups in total. The third kappa shape index (κ3) is 3.81. The van der Waals surface area contributed by atoms with Gasteiger partial charge >= 0.3 is 0 Å².